The van der Waals surface area contributed by atoms with Crippen LogP contribution in [0.25, 0.3) is 0 Å². The average Bonchev–Trinajstić information content (AvgIpc) is 2.46. The second kappa shape index (κ2) is 6.33. The van der Waals surface area contributed by atoms with Gasteiger partial charge in [0.1, 0.15) is 22.7 Å². The third kappa shape index (κ3) is 3.32. The van der Waals surface area contributed by atoms with Gasteiger partial charge in [-0.1, -0.05) is 6.07 Å². The first kappa shape index (κ1) is 13.5. The van der Waals surface area contributed by atoms with Gasteiger partial charge < -0.3 is 9.47 Å². The number of ether oxygens (including phenoxy) is 2. The Bertz CT molecular complexity index is 587. The molecule has 19 heavy (non-hydrogen) atoms. The number of benzene rings is 1. The first-order valence-corrected chi connectivity index (χ1v) is 6.39. The van der Waals surface area contributed by atoms with Crippen LogP contribution in [0.4, 0.5) is 0 Å². The van der Waals surface area contributed by atoms with Crippen molar-refractivity contribution in [1.29, 1.82) is 0 Å². The highest BCUT2D eigenvalue weighted by molar-refractivity contribution is 9.10. The van der Waals surface area contributed by atoms with E-state index in [0.717, 1.165) is 16.5 Å². The number of carbonyl (C=O) groups excluding carboxylic acids is 1. The van der Waals surface area contributed by atoms with E-state index in [4.69, 9.17) is 9.47 Å². The molecule has 0 radical (unpaired) electrons. The molecule has 0 amide bonds. The summed E-state index contributed by atoms with van der Waals surface area (Å²) in [5.41, 5.74) is 1.40. The maximum absolute atomic E-state index is 10.9. The molecule has 0 atom stereocenters. The fourth-order valence-electron chi connectivity index (χ4n) is 1.58. The van der Waals surface area contributed by atoms with E-state index in [9.17, 15) is 4.79 Å². The lowest BCUT2D eigenvalue weighted by Gasteiger charge is -2.09. The van der Waals surface area contributed by atoms with Gasteiger partial charge in [0.15, 0.2) is 6.29 Å². The standard InChI is InChI=1S/C14H12BrNO3/c1-18-13-5-4-12(7-11(13)8-17)19-9-10-3-2-6-16-14(10)15/h2-8H,9H2,1H3. The molecular formula is C14H12BrNO3. The van der Waals surface area contributed by atoms with Crippen molar-refractivity contribution in [2.45, 2.75) is 6.61 Å². The molecule has 0 spiro atoms. The van der Waals surface area contributed by atoms with Gasteiger partial charge in [0.2, 0.25) is 0 Å². The van der Waals surface area contributed by atoms with Crippen molar-refractivity contribution in [3.8, 4) is 11.5 Å². The van der Waals surface area contributed by atoms with Crippen LogP contribution in [0.5, 0.6) is 11.5 Å². The molecule has 0 fully saturated rings. The molecule has 1 heterocycles. The third-order valence-electron chi connectivity index (χ3n) is 2.56. The van der Waals surface area contributed by atoms with Gasteiger partial charge in [0.25, 0.3) is 0 Å². The molecule has 0 N–H and O–H groups in total. The Morgan fingerprint density at radius 2 is 2.21 bits per heavy atom. The number of rotatable bonds is 5. The third-order valence-corrected chi connectivity index (χ3v) is 3.27. The van der Waals surface area contributed by atoms with Crippen LogP contribution in [-0.2, 0) is 6.61 Å². The molecule has 1 aromatic heterocycles. The SMILES string of the molecule is COc1ccc(OCc2cccnc2Br)cc1C=O. The van der Waals surface area contributed by atoms with Crippen LogP contribution in [0.3, 0.4) is 0 Å². The quantitative estimate of drug-likeness (QED) is 0.626. The van der Waals surface area contributed by atoms with Crippen molar-refractivity contribution < 1.29 is 14.3 Å². The van der Waals surface area contributed by atoms with Crippen molar-refractivity contribution in [3.63, 3.8) is 0 Å². The molecule has 0 aliphatic rings. The summed E-state index contributed by atoms with van der Waals surface area (Å²) < 4.78 is 11.4. The number of carbonyl (C=O) groups is 1. The molecule has 0 aliphatic heterocycles. The van der Waals surface area contributed by atoms with Crippen LogP contribution in [0.1, 0.15) is 15.9 Å². The predicted octanol–water partition coefficient (Wildman–Crippen LogP) is 3.24. The molecule has 0 saturated heterocycles. The van der Waals surface area contributed by atoms with Crippen molar-refractivity contribution >= 4 is 22.2 Å². The summed E-state index contributed by atoms with van der Waals surface area (Å²) in [7, 11) is 1.52. The van der Waals surface area contributed by atoms with Gasteiger partial charge in [-0.3, -0.25) is 4.79 Å². The van der Waals surface area contributed by atoms with Crippen LogP contribution >= 0.6 is 15.9 Å². The fourth-order valence-corrected chi connectivity index (χ4v) is 1.95. The Hall–Kier alpha value is -1.88. The zero-order chi connectivity index (χ0) is 13.7. The van der Waals surface area contributed by atoms with Crippen molar-refractivity contribution in [3.05, 3.63) is 52.3 Å². The number of halogens is 1. The number of hydrogen-bond donors (Lipinski definition) is 0. The van der Waals surface area contributed by atoms with Gasteiger partial charge in [-0.15, -0.1) is 0 Å². The fraction of sp³-hybridized carbons (Fsp3) is 0.143. The normalized spacial score (nSPS) is 10.0. The minimum atomic E-state index is 0.374. The number of pyridine rings is 1. The number of aldehydes is 1. The molecule has 0 saturated carbocycles. The molecule has 2 rings (SSSR count). The molecule has 98 valence electrons. The number of aromatic nitrogens is 1. The molecule has 0 aliphatic carbocycles. The van der Waals surface area contributed by atoms with Crippen LogP contribution in [0, 0.1) is 0 Å². The summed E-state index contributed by atoms with van der Waals surface area (Å²) in [4.78, 5) is 15.0. The van der Waals surface area contributed by atoms with Gasteiger partial charge in [0.05, 0.1) is 12.7 Å². The van der Waals surface area contributed by atoms with Crippen LogP contribution in [0.15, 0.2) is 41.1 Å². The highest BCUT2D eigenvalue weighted by atomic mass is 79.9. The molecule has 0 bridgehead atoms. The number of nitrogens with zero attached hydrogens (tertiary/aromatic N) is 1. The largest absolute Gasteiger partial charge is 0.496 e. The minimum absolute atomic E-state index is 0.374. The molecule has 2 aromatic rings. The zero-order valence-corrected chi connectivity index (χ0v) is 11.9. The monoisotopic (exact) mass is 321 g/mol. The first-order valence-electron chi connectivity index (χ1n) is 5.60. The van der Waals surface area contributed by atoms with Crippen molar-refractivity contribution in [1.82, 2.24) is 4.98 Å². The Kier molecular flexibility index (Phi) is 4.52. The molecule has 4 nitrogen and oxygen atoms in total. The van der Waals surface area contributed by atoms with Gasteiger partial charge in [0, 0.05) is 11.8 Å². The summed E-state index contributed by atoms with van der Waals surface area (Å²) in [6, 6.07) is 8.87. The van der Waals surface area contributed by atoms with E-state index in [2.05, 4.69) is 20.9 Å². The number of methoxy groups -OCH3 is 1. The van der Waals surface area contributed by atoms with Crippen LogP contribution in [0.2, 0.25) is 0 Å². The Balaban J connectivity index is 2.12. The first-order chi connectivity index (χ1) is 9.24. The Morgan fingerprint density at radius 3 is 2.89 bits per heavy atom. The summed E-state index contributed by atoms with van der Waals surface area (Å²) in [5, 5.41) is 0. The molecular weight excluding hydrogens is 310 g/mol. The number of hydrogen-bond acceptors (Lipinski definition) is 4. The van der Waals surface area contributed by atoms with E-state index in [1.165, 1.54) is 7.11 Å². The maximum atomic E-state index is 10.9. The lowest BCUT2D eigenvalue weighted by Crippen LogP contribution is -1.98. The zero-order valence-electron chi connectivity index (χ0n) is 10.3. The molecule has 0 unspecified atom stereocenters. The van der Waals surface area contributed by atoms with E-state index in [-0.39, 0.29) is 0 Å². The second-order valence-electron chi connectivity index (χ2n) is 3.76. The van der Waals surface area contributed by atoms with Gasteiger partial charge in [-0.2, -0.15) is 0 Å². The van der Waals surface area contributed by atoms with Crippen LogP contribution in [-0.4, -0.2) is 18.4 Å². The Labute approximate surface area is 119 Å². The summed E-state index contributed by atoms with van der Waals surface area (Å²) in [5.74, 6) is 1.14. The van der Waals surface area contributed by atoms with E-state index in [0.29, 0.717) is 23.7 Å². The smallest absolute Gasteiger partial charge is 0.153 e. The lowest BCUT2D eigenvalue weighted by atomic mass is 10.2. The predicted molar refractivity (Wildman–Crippen MR) is 74.7 cm³/mol. The Morgan fingerprint density at radius 1 is 1.37 bits per heavy atom. The highest BCUT2D eigenvalue weighted by Crippen LogP contribution is 2.24. The molecule has 5 heteroatoms. The summed E-state index contributed by atoms with van der Waals surface area (Å²) in [6.07, 6.45) is 2.44. The van der Waals surface area contributed by atoms with E-state index in [1.807, 2.05) is 12.1 Å². The molecule has 1 aromatic carbocycles. The van der Waals surface area contributed by atoms with E-state index >= 15 is 0 Å². The second-order valence-corrected chi connectivity index (χ2v) is 4.51. The maximum Gasteiger partial charge on any atom is 0.153 e. The average molecular weight is 322 g/mol. The van der Waals surface area contributed by atoms with Crippen LogP contribution < -0.4 is 9.47 Å². The van der Waals surface area contributed by atoms with Gasteiger partial charge >= 0.3 is 0 Å². The highest BCUT2D eigenvalue weighted by Gasteiger charge is 2.05. The lowest BCUT2D eigenvalue weighted by molar-refractivity contribution is 0.112. The summed E-state index contributed by atoms with van der Waals surface area (Å²) in [6.45, 7) is 0.374. The van der Waals surface area contributed by atoms with Crippen molar-refractivity contribution in [2.24, 2.45) is 0 Å². The van der Waals surface area contributed by atoms with Crippen molar-refractivity contribution in [2.75, 3.05) is 7.11 Å². The summed E-state index contributed by atoms with van der Waals surface area (Å²) >= 11 is 3.35. The minimum Gasteiger partial charge on any atom is -0.496 e. The van der Waals surface area contributed by atoms with Gasteiger partial charge in [-0.25, -0.2) is 4.98 Å². The van der Waals surface area contributed by atoms with Gasteiger partial charge in [-0.05, 0) is 40.2 Å². The van der Waals surface area contributed by atoms with E-state index in [1.54, 1.807) is 24.4 Å². The topological polar surface area (TPSA) is 48.4 Å². The van der Waals surface area contributed by atoms with E-state index < -0.39 is 0 Å².